The van der Waals surface area contributed by atoms with Gasteiger partial charge in [0, 0.05) is 25.2 Å². The van der Waals surface area contributed by atoms with Gasteiger partial charge in [0.25, 0.3) is 0 Å². The number of nitrogens with zero attached hydrogens (tertiary/aromatic N) is 1. The van der Waals surface area contributed by atoms with Crippen LogP contribution < -0.4 is 5.32 Å². The Bertz CT molecular complexity index is 245. The van der Waals surface area contributed by atoms with Gasteiger partial charge in [-0.1, -0.05) is 20.3 Å². The Morgan fingerprint density at radius 2 is 2.06 bits per heavy atom. The SMILES string of the molecule is CC(C)NCC1CCCCN1CC1CCC(C)O1. The van der Waals surface area contributed by atoms with E-state index in [0.29, 0.717) is 18.2 Å². The maximum absolute atomic E-state index is 5.98. The number of nitrogens with one attached hydrogen (secondary N) is 1. The van der Waals surface area contributed by atoms with Crippen LogP contribution in [0.25, 0.3) is 0 Å². The molecule has 0 aromatic heterocycles. The molecule has 0 aromatic rings. The largest absolute Gasteiger partial charge is 0.374 e. The van der Waals surface area contributed by atoms with E-state index in [4.69, 9.17) is 4.74 Å². The molecule has 2 aliphatic rings. The number of rotatable bonds is 5. The zero-order valence-corrected chi connectivity index (χ0v) is 12.3. The molecule has 3 unspecified atom stereocenters. The normalized spacial score (nSPS) is 34.3. The first kappa shape index (κ1) is 14.3. The molecule has 0 aliphatic carbocycles. The van der Waals surface area contributed by atoms with Crippen molar-refractivity contribution in [2.45, 2.75) is 77.2 Å². The van der Waals surface area contributed by atoms with Gasteiger partial charge in [-0.25, -0.2) is 0 Å². The van der Waals surface area contributed by atoms with Crippen LogP contribution in [0.15, 0.2) is 0 Å². The highest BCUT2D eigenvalue weighted by atomic mass is 16.5. The number of piperidine rings is 1. The average Bonchev–Trinajstić information content (AvgIpc) is 2.73. The van der Waals surface area contributed by atoms with Crippen LogP contribution in [0.2, 0.25) is 0 Å². The summed E-state index contributed by atoms with van der Waals surface area (Å²) in [7, 11) is 0. The lowest BCUT2D eigenvalue weighted by atomic mass is 10.0. The van der Waals surface area contributed by atoms with Gasteiger partial charge in [0.2, 0.25) is 0 Å². The second-order valence-corrected chi connectivity index (χ2v) is 6.35. The summed E-state index contributed by atoms with van der Waals surface area (Å²) >= 11 is 0. The van der Waals surface area contributed by atoms with E-state index in [0.717, 1.165) is 19.1 Å². The molecule has 106 valence electrons. The zero-order chi connectivity index (χ0) is 13.0. The monoisotopic (exact) mass is 254 g/mol. The Morgan fingerprint density at radius 1 is 1.22 bits per heavy atom. The summed E-state index contributed by atoms with van der Waals surface area (Å²) < 4.78 is 5.98. The lowest BCUT2D eigenvalue weighted by Crippen LogP contribution is -2.49. The molecule has 2 aliphatic heterocycles. The predicted molar refractivity (Wildman–Crippen MR) is 75.9 cm³/mol. The minimum Gasteiger partial charge on any atom is -0.374 e. The molecular weight excluding hydrogens is 224 g/mol. The third kappa shape index (κ3) is 4.22. The second-order valence-electron chi connectivity index (χ2n) is 6.35. The van der Waals surface area contributed by atoms with Crippen LogP contribution in [0, 0.1) is 0 Å². The molecule has 0 amide bonds. The lowest BCUT2D eigenvalue weighted by Gasteiger charge is -2.37. The van der Waals surface area contributed by atoms with Gasteiger partial charge in [-0.05, 0) is 39.2 Å². The minimum atomic E-state index is 0.479. The van der Waals surface area contributed by atoms with Crippen LogP contribution in [0.1, 0.15) is 52.9 Å². The fraction of sp³-hybridized carbons (Fsp3) is 1.00. The standard InChI is InChI=1S/C15H30N2O/c1-12(2)16-10-14-6-4-5-9-17(14)11-15-8-7-13(3)18-15/h12-16H,4-11H2,1-3H3. The molecule has 2 saturated heterocycles. The van der Waals surface area contributed by atoms with Crippen LogP contribution in [0.5, 0.6) is 0 Å². The summed E-state index contributed by atoms with van der Waals surface area (Å²) in [6.07, 6.45) is 7.56. The Morgan fingerprint density at radius 3 is 2.72 bits per heavy atom. The van der Waals surface area contributed by atoms with E-state index in [2.05, 4.69) is 31.0 Å². The average molecular weight is 254 g/mol. The quantitative estimate of drug-likeness (QED) is 0.815. The Balaban J connectivity index is 1.79. The third-order valence-corrected chi connectivity index (χ3v) is 4.27. The molecule has 0 saturated carbocycles. The van der Waals surface area contributed by atoms with E-state index in [1.165, 1.54) is 38.6 Å². The van der Waals surface area contributed by atoms with Gasteiger partial charge in [-0.15, -0.1) is 0 Å². The van der Waals surface area contributed by atoms with E-state index in [1.807, 2.05) is 0 Å². The first-order valence-corrected chi connectivity index (χ1v) is 7.78. The topological polar surface area (TPSA) is 24.5 Å². The lowest BCUT2D eigenvalue weighted by molar-refractivity contribution is 0.0135. The molecule has 0 aromatic carbocycles. The smallest absolute Gasteiger partial charge is 0.0706 e. The minimum absolute atomic E-state index is 0.479. The first-order valence-electron chi connectivity index (χ1n) is 7.78. The van der Waals surface area contributed by atoms with Gasteiger partial charge < -0.3 is 10.1 Å². The summed E-state index contributed by atoms with van der Waals surface area (Å²) in [5.74, 6) is 0. The second kappa shape index (κ2) is 6.88. The van der Waals surface area contributed by atoms with Gasteiger partial charge in [-0.2, -0.15) is 0 Å². The van der Waals surface area contributed by atoms with Crippen molar-refractivity contribution in [3.8, 4) is 0 Å². The number of hydrogen-bond donors (Lipinski definition) is 1. The van der Waals surface area contributed by atoms with Crippen LogP contribution in [0.3, 0.4) is 0 Å². The molecule has 3 heteroatoms. The molecule has 2 heterocycles. The molecule has 18 heavy (non-hydrogen) atoms. The van der Waals surface area contributed by atoms with Crippen LogP contribution in [0.4, 0.5) is 0 Å². The summed E-state index contributed by atoms with van der Waals surface area (Å²) in [5.41, 5.74) is 0. The third-order valence-electron chi connectivity index (χ3n) is 4.27. The predicted octanol–water partition coefficient (Wildman–Crippen LogP) is 2.41. The van der Waals surface area contributed by atoms with Crippen LogP contribution >= 0.6 is 0 Å². The van der Waals surface area contributed by atoms with E-state index in [-0.39, 0.29) is 0 Å². The summed E-state index contributed by atoms with van der Waals surface area (Å²) in [6, 6.07) is 1.32. The highest BCUT2D eigenvalue weighted by Gasteiger charge is 2.28. The zero-order valence-electron chi connectivity index (χ0n) is 12.3. The van der Waals surface area contributed by atoms with Crippen molar-refractivity contribution in [2.24, 2.45) is 0 Å². The van der Waals surface area contributed by atoms with E-state index >= 15 is 0 Å². The van der Waals surface area contributed by atoms with Crippen molar-refractivity contribution in [1.29, 1.82) is 0 Å². The first-order chi connectivity index (χ1) is 8.65. The number of ether oxygens (including phenoxy) is 1. The molecule has 0 spiro atoms. The molecule has 2 rings (SSSR count). The van der Waals surface area contributed by atoms with Crippen molar-refractivity contribution in [1.82, 2.24) is 10.2 Å². The number of hydrogen-bond acceptors (Lipinski definition) is 3. The van der Waals surface area contributed by atoms with Crippen molar-refractivity contribution in [2.75, 3.05) is 19.6 Å². The molecule has 3 nitrogen and oxygen atoms in total. The van der Waals surface area contributed by atoms with Crippen molar-refractivity contribution < 1.29 is 4.74 Å². The summed E-state index contributed by atoms with van der Waals surface area (Å²) in [6.45, 7) is 10.2. The van der Waals surface area contributed by atoms with Crippen molar-refractivity contribution in [3.05, 3.63) is 0 Å². The van der Waals surface area contributed by atoms with E-state index < -0.39 is 0 Å². The summed E-state index contributed by atoms with van der Waals surface area (Å²) in [4.78, 5) is 2.67. The van der Waals surface area contributed by atoms with Gasteiger partial charge in [0.1, 0.15) is 0 Å². The van der Waals surface area contributed by atoms with E-state index in [9.17, 15) is 0 Å². The fourth-order valence-electron chi connectivity index (χ4n) is 3.18. The van der Waals surface area contributed by atoms with Gasteiger partial charge in [0.05, 0.1) is 12.2 Å². The Hall–Kier alpha value is -0.120. The van der Waals surface area contributed by atoms with E-state index in [1.54, 1.807) is 0 Å². The maximum Gasteiger partial charge on any atom is 0.0706 e. The van der Waals surface area contributed by atoms with Gasteiger partial charge in [0.15, 0.2) is 0 Å². The highest BCUT2D eigenvalue weighted by molar-refractivity contribution is 4.83. The fourth-order valence-corrected chi connectivity index (χ4v) is 3.18. The molecule has 0 radical (unpaired) electrons. The molecule has 3 atom stereocenters. The Labute approximate surface area is 112 Å². The Kier molecular flexibility index (Phi) is 5.46. The molecule has 1 N–H and O–H groups in total. The summed E-state index contributed by atoms with van der Waals surface area (Å²) in [5, 5.41) is 3.60. The van der Waals surface area contributed by atoms with Gasteiger partial charge in [-0.3, -0.25) is 4.90 Å². The van der Waals surface area contributed by atoms with Crippen LogP contribution in [-0.4, -0.2) is 48.8 Å². The van der Waals surface area contributed by atoms with Crippen molar-refractivity contribution >= 4 is 0 Å². The maximum atomic E-state index is 5.98. The molecule has 2 fully saturated rings. The van der Waals surface area contributed by atoms with Gasteiger partial charge >= 0.3 is 0 Å². The molecule has 0 bridgehead atoms. The molecular formula is C15H30N2O. The number of likely N-dealkylation sites (tertiary alicyclic amines) is 1. The van der Waals surface area contributed by atoms with Crippen molar-refractivity contribution in [3.63, 3.8) is 0 Å². The van der Waals surface area contributed by atoms with Crippen LogP contribution in [-0.2, 0) is 4.74 Å². The highest BCUT2D eigenvalue weighted by Crippen LogP contribution is 2.23.